The highest BCUT2D eigenvalue weighted by Gasteiger charge is 2.39. The van der Waals surface area contributed by atoms with Crippen LogP contribution in [0.25, 0.3) is 11.3 Å². The fourth-order valence-electron chi connectivity index (χ4n) is 5.85. The van der Waals surface area contributed by atoms with E-state index in [9.17, 15) is 13.6 Å². The molecule has 2 aliphatic rings. The number of anilines is 1. The van der Waals surface area contributed by atoms with E-state index in [0.717, 1.165) is 32.0 Å². The van der Waals surface area contributed by atoms with Crippen molar-refractivity contribution in [3.05, 3.63) is 58.2 Å². The van der Waals surface area contributed by atoms with Crippen molar-refractivity contribution in [1.29, 1.82) is 0 Å². The molecule has 0 spiro atoms. The van der Waals surface area contributed by atoms with Gasteiger partial charge in [-0.05, 0) is 87.1 Å². The molecule has 0 radical (unpaired) electrons. The lowest BCUT2D eigenvalue weighted by Gasteiger charge is -2.45. The minimum Gasteiger partial charge on any atom is -0.491 e. The maximum absolute atomic E-state index is 14.4. The van der Waals surface area contributed by atoms with Gasteiger partial charge in [0.2, 0.25) is 0 Å². The number of hydrogen-bond donors (Lipinski definition) is 1. The Morgan fingerprint density at radius 1 is 1.22 bits per heavy atom. The average molecular weight is 632 g/mol. The summed E-state index contributed by atoms with van der Waals surface area (Å²) in [4.78, 5) is 18.3. The third kappa shape index (κ3) is 6.11. The van der Waals surface area contributed by atoms with Crippen LogP contribution in [0.5, 0.6) is 5.75 Å². The highest BCUT2D eigenvalue weighted by molar-refractivity contribution is 9.10. The van der Waals surface area contributed by atoms with Crippen LogP contribution in [0.1, 0.15) is 69.3 Å². The molecule has 1 amide bonds. The van der Waals surface area contributed by atoms with Gasteiger partial charge in [0.05, 0.1) is 28.0 Å². The first-order chi connectivity index (χ1) is 19.6. The van der Waals surface area contributed by atoms with Crippen molar-refractivity contribution in [2.24, 2.45) is 0 Å². The van der Waals surface area contributed by atoms with E-state index >= 15 is 0 Å². The highest BCUT2D eigenvalue weighted by Crippen LogP contribution is 2.37. The monoisotopic (exact) mass is 630 g/mol. The van der Waals surface area contributed by atoms with E-state index in [-0.39, 0.29) is 33.4 Å². The van der Waals surface area contributed by atoms with Crippen LogP contribution in [0.2, 0.25) is 0 Å². The molecular weight excluding hydrogens is 594 g/mol. The van der Waals surface area contributed by atoms with Crippen molar-refractivity contribution >= 4 is 27.5 Å². The van der Waals surface area contributed by atoms with Crippen LogP contribution in [0.15, 0.2) is 41.0 Å². The number of carbonyl (C=O) groups excluding carboxylic acids is 1. The first kappa shape index (κ1) is 29.4. The van der Waals surface area contributed by atoms with E-state index in [1.807, 2.05) is 29.2 Å². The molecule has 0 aliphatic carbocycles. The van der Waals surface area contributed by atoms with Crippen LogP contribution in [-0.4, -0.2) is 68.5 Å². The summed E-state index contributed by atoms with van der Waals surface area (Å²) in [6, 6.07) is 8.92. The molecule has 0 bridgehead atoms. The number of piperidine rings is 2. The standard InChI is InChI=1S/C30H37BrF2N6O2/c1-19-8-6-7-13-37(19)14-15-41-25-10-5-4-9-21(25)29(40)38-17-20(11-12-30(38,2)3)39-18-24(35-36-39)22-16-23(32)26(31)27(33)28(22)34/h4-5,9-10,16,18-20H,6-8,11-15,17,34H2,1-3H3. The number of benzene rings is 2. The van der Waals surface area contributed by atoms with Crippen LogP contribution in [0.4, 0.5) is 14.5 Å². The first-order valence-electron chi connectivity index (χ1n) is 14.2. The van der Waals surface area contributed by atoms with E-state index in [2.05, 4.69) is 51.9 Å². The summed E-state index contributed by atoms with van der Waals surface area (Å²) in [5, 5.41) is 8.40. The van der Waals surface area contributed by atoms with Crippen molar-refractivity contribution in [3.8, 4) is 17.0 Å². The second-order valence-corrected chi connectivity index (χ2v) is 12.5. The largest absolute Gasteiger partial charge is 0.491 e. The SMILES string of the molecule is CC1CCCCN1CCOc1ccccc1C(=O)N1CC(n2cc(-c3cc(F)c(Br)c(F)c3N)nn2)CCC1(C)C. The normalized spacial score (nSPS) is 21.2. The Morgan fingerprint density at radius 3 is 2.78 bits per heavy atom. The number of para-hydroxylation sites is 1. The Kier molecular flexibility index (Phi) is 8.65. The molecule has 8 nitrogen and oxygen atoms in total. The summed E-state index contributed by atoms with van der Waals surface area (Å²) in [5.74, 6) is -1.18. The first-order valence-corrected chi connectivity index (χ1v) is 15.0. The lowest BCUT2D eigenvalue weighted by molar-refractivity contribution is 0.0304. The molecule has 3 aromatic rings. The molecule has 3 heterocycles. The zero-order chi connectivity index (χ0) is 29.3. The number of carbonyl (C=O) groups is 1. The number of hydrogen-bond acceptors (Lipinski definition) is 6. The third-order valence-electron chi connectivity index (χ3n) is 8.51. The highest BCUT2D eigenvalue weighted by atomic mass is 79.9. The van der Waals surface area contributed by atoms with Gasteiger partial charge < -0.3 is 15.4 Å². The van der Waals surface area contributed by atoms with E-state index in [0.29, 0.717) is 30.5 Å². The molecule has 41 heavy (non-hydrogen) atoms. The van der Waals surface area contributed by atoms with Crippen LogP contribution >= 0.6 is 15.9 Å². The summed E-state index contributed by atoms with van der Waals surface area (Å²) >= 11 is 2.87. The number of rotatable bonds is 7. The number of likely N-dealkylation sites (tertiary alicyclic amines) is 2. The molecule has 2 aromatic carbocycles. The van der Waals surface area contributed by atoms with E-state index in [4.69, 9.17) is 10.5 Å². The molecular formula is C30H37BrF2N6O2. The van der Waals surface area contributed by atoms with E-state index in [1.54, 1.807) is 10.9 Å². The number of nitrogens with two attached hydrogens (primary N) is 1. The number of amides is 1. The molecule has 2 fully saturated rings. The summed E-state index contributed by atoms with van der Waals surface area (Å²) < 4.78 is 36.1. The third-order valence-corrected chi connectivity index (χ3v) is 9.24. The number of nitrogen functional groups attached to an aromatic ring is 1. The Balaban J connectivity index is 1.32. The zero-order valence-electron chi connectivity index (χ0n) is 23.7. The average Bonchev–Trinajstić information content (AvgIpc) is 3.45. The van der Waals surface area contributed by atoms with Gasteiger partial charge in [-0.2, -0.15) is 0 Å². The van der Waals surface area contributed by atoms with Gasteiger partial charge in [0, 0.05) is 30.2 Å². The van der Waals surface area contributed by atoms with Gasteiger partial charge in [-0.15, -0.1) is 5.10 Å². The number of ether oxygens (including phenoxy) is 1. The summed E-state index contributed by atoms with van der Waals surface area (Å²) in [6.07, 6.45) is 6.80. The number of halogens is 3. The number of aromatic nitrogens is 3. The topological polar surface area (TPSA) is 89.5 Å². The molecule has 2 aliphatic heterocycles. The van der Waals surface area contributed by atoms with Gasteiger partial charge in [0.15, 0.2) is 5.82 Å². The fraction of sp³-hybridized carbons (Fsp3) is 0.500. The van der Waals surface area contributed by atoms with Crippen LogP contribution < -0.4 is 10.5 Å². The van der Waals surface area contributed by atoms with Crippen molar-refractivity contribution in [2.45, 2.75) is 70.5 Å². The van der Waals surface area contributed by atoms with E-state index < -0.39 is 17.2 Å². The second-order valence-electron chi connectivity index (χ2n) is 11.7. The lowest BCUT2D eigenvalue weighted by Crippen LogP contribution is -2.53. The van der Waals surface area contributed by atoms with Gasteiger partial charge in [-0.1, -0.05) is 23.8 Å². The predicted molar refractivity (Wildman–Crippen MR) is 158 cm³/mol. The molecule has 220 valence electrons. The molecule has 2 atom stereocenters. The van der Waals surface area contributed by atoms with Crippen LogP contribution in [0, 0.1) is 11.6 Å². The maximum atomic E-state index is 14.4. The van der Waals surface area contributed by atoms with Gasteiger partial charge in [-0.3, -0.25) is 9.69 Å². The lowest BCUT2D eigenvalue weighted by atomic mass is 9.87. The maximum Gasteiger partial charge on any atom is 0.258 e. The molecule has 2 N–H and O–H groups in total. The second kappa shape index (κ2) is 12.1. The molecule has 2 saturated heterocycles. The Labute approximate surface area is 248 Å². The predicted octanol–water partition coefficient (Wildman–Crippen LogP) is 6.08. The Bertz CT molecular complexity index is 1410. The molecule has 11 heteroatoms. The zero-order valence-corrected chi connectivity index (χ0v) is 25.3. The smallest absolute Gasteiger partial charge is 0.258 e. The van der Waals surface area contributed by atoms with E-state index in [1.165, 1.54) is 19.3 Å². The summed E-state index contributed by atoms with van der Waals surface area (Å²) in [7, 11) is 0. The van der Waals surface area contributed by atoms with Crippen LogP contribution in [-0.2, 0) is 0 Å². The molecule has 2 unspecified atom stereocenters. The number of nitrogens with zero attached hydrogens (tertiary/aromatic N) is 5. The fourth-order valence-corrected chi connectivity index (χ4v) is 6.18. The van der Waals surface area contributed by atoms with Crippen molar-refractivity contribution in [3.63, 3.8) is 0 Å². The van der Waals surface area contributed by atoms with Crippen LogP contribution in [0.3, 0.4) is 0 Å². The summed E-state index contributed by atoms with van der Waals surface area (Å²) in [6.45, 7) is 9.19. The minimum absolute atomic E-state index is 0.108. The quantitative estimate of drug-likeness (QED) is 0.251. The Morgan fingerprint density at radius 2 is 2.00 bits per heavy atom. The van der Waals surface area contributed by atoms with Crippen molar-refractivity contribution < 1.29 is 18.3 Å². The van der Waals surface area contributed by atoms with Gasteiger partial charge >= 0.3 is 0 Å². The molecule has 0 saturated carbocycles. The van der Waals surface area contributed by atoms with Gasteiger partial charge in [0.25, 0.3) is 5.91 Å². The van der Waals surface area contributed by atoms with Crippen molar-refractivity contribution in [1.82, 2.24) is 24.8 Å². The molecule has 1 aromatic heterocycles. The summed E-state index contributed by atoms with van der Waals surface area (Å²) in [5.41, 5.74) is 6.23. The van der Waals surface area contributed by atoms with Crippen molar-refractivity contribution in [2.75, 3.05) is 32.0 Å². The van der Waals surface area contributed by atoms with Gasteiger partial charge in [0.1, 0.15) is 23.9 Å². The Hall–Kier alpha value is -3.05. The van der Waals surface area contributed by atoms with Gasteiger partial charge in [-0.25, -0.2) is 13.5 Å². The minimum atomic E-state index is -0.878. The molecule has 5 rings (SSSR count).